The number of methoxy groups -OCH3 is 1. The topological polar surface area (TPSA) is 72.4 Å². The molecule has 0 amide bonds. The molecule has 0 spiro atoms. The van der Waals surface area contributed by atoms with E-state index in [-0.39, 0.29) is 6.10 Å². The van der Waals surface area contributed by atoms with Crippen LogP contribution in [0.5, 0.6) is 11.6 Å². The molecule has 1 fully saturated rings. The third-order valence-electron chi connectivity index (χ3n) is 4.26. The van der Waals surface area contributed by atoms with Crippen LogP contribution < -0.4 is 19.7 Å². The maximum atomic E-state index is 6.02. The molecule has 1 N–H and O–H groups in total. The first-order chi connectivity index (χ1) is 11.7. The van der Waals surface area contributed by atoms with Gasteiger partial charge in [-0.2, -0.15) is 0 Å². The fourth-order valence-electron chi connectivity index (χ4n) is 2.95. The summed E-state index contributed by atoms with van der Waals surface area (Å²) in [5.74, 6) is 3.25. The summed E-state index contributed by atoms with van der Waals surface area (Å²) < 4.78 is 11.1. The minimum Gasteiger partial charge on any atom is -0.489 e. The fraction of sp³-hybridized carbons (Fsp3) is 0.471. The van der Waals surface area contributed by atoms with Crippen LogP contribution in [-0.4, -0.2) is 48.3 Å². The lowest BCUT2D eigenvalue weighted by Crippen LogP contribution is -2.39. The molecule has 2 aromatic rings. The second-order valence-electron chi connectivity index (χ2n) is 5.76. The molecule has 7 heteroatoms. The van der Waals surface area contributed by atoms with Crippen molar-refractivity contribution in [2.75, 3.05) is 37.5 Å². The minimum atomic E-state index is 0.197. The Bertz CT molecular complexity index is 669. The molecule has 24 heavy (non-hydrogen) atoms. The van der Waals surface area contributed by atoms with Gasteiger partial charge in [0.05, 0.1) is 13.3 Å². The average Bonchev–Trinajstić information content (AvgIpc) is 2.63. The summed E-state index contributed by atoms with van der Waals surface area (Å²) in [5, 5.41) is 3.11. The second kappa shape index (κ2) is 7.33. The van der Waals surface area contributed by atoms with E-state index in [0.29, 0.717) is 5.88 Å². The maximum Gasteiger partial charge on any atom is 0.213 e. The van der Waals surface area contributed by atoms with Crippen LogP contribution in [-0.2, 0) is 0 Å². The van der Waals surface area contributed by atoms with Crippen molar-refractivity contribution >= 4 is 11.6 Å². The van der Waals surface area contributed by atoms with E-state index in [9.17, 15) is 0 Å². The normalized spacial score (nSPS) is 15.2. The van der Waals surface area contributed by atoms with Crippen molar-refractivity contribution in [1.29, 1.82) is 0 Å². The summed E-state index contributed by atoms with van der Waals surface area (Å²) in [4.78, 5) is 15.2. The molecule has 0 aliphatic carbocycles. The fourth-order valence-corrected chi connectivity index (χ4v) is 2.95. The summed E-state index contributed by atoms with van der Waals surface area (Å²) in [6, 6.07) is 3.71. The largest absolute Gasteiger partial charge is 0.489 e. The molecule has 128 valence electrons. The Hall–Kier alpha value is -2.57. The zero-order chi connectivity index (χ0) is 16.9. The molecule has 0 atom stereocenters. The average molecular weight is 329 g/mol. The first kappa shape index (κ1) is 16.3. The van der Waals surface area contributed by atoms with Crippen molar-refractivity contribution in [2.24, 2.45) is 0 Å². The molecule has 1 aliphatic rings. The Morgan fingerprint density at radius 1 is 1.17 bits per heavy atom. The number of hydrogen-bond acceptors (Lipinski definition) is 7. The Kier molecular flexibility index (Phi) is 4.98. The highest BCUT2D eigenvalue weighted by molar-refractivity contribution is 5.57. The van der Waals surface area contributed by atoms with Gasteiger partial charge in [-0.3, -0.25) is 0 Å². The van der Waals surface area contributed by atoms with Crippen LogP contribution in [0.4, 0.5) is 11.6 Å². The number of nitrogens with zero attached hydrogens (tertiary/aromatic N) is 4. The summed E-state index contributed by atoms with van der Waals surface area (Å²) in [6.45, 7) is 3.87. The lowest BCUT2D eigenvalue weighted by Gasteiger charge is -2.33. The van der Waals surface area contributed by atoms with E-state index >= 15 is 0 Å². The molecule has 0 bridgehead atoms. The van der Waals surface area contributed by atoms with E-state index < -0.39 is 0 Å². The molecule has 1 aliphatic heterocycles. The van der Waals surface area contributed by atoms with Gasteiger partial charge in [0.1, 0.15) is 29.8 Å². The van der Waals surface area contributed by atoms with Crippen LogP contribution in [0, 0.1) is 6.92 Å². The lowest BCUT2D eigenvalue weighted by atomic mass is 10.1. The predicted octanol–water partition coefficient (Wildman–Crippen LogP) is 2.28. The van der Waals surface area contributed by atoms with E-state index in [1.54, 1.807) is 19.6 Å². The molecule has 3 heterocycles. The number of anilines is 2. The van der Waals surface area contributed by atoms with Crippen LogP contribution in [0.25, 0.3) is 0 Å². The van der Waals surface area contributed by atoms with Crippen molar-refractivity contribution in [2.45, 2.75) is 25.9 Å². The van der Waals surface area contributed by atoms with Crippen molar-refractivity contribution in [1.82, 2.24) is 15.0 Å². The first-order valence-corrected chi connectivity index (χ1v) is 8.12. The highest BCUT2D eigenvalue weighted by atomic mass is 16.5. The van der Waals surface area contributed by atoms with Gasteiger partial charge in [-0.1, -0.05) is 0 Å². The quantitative estimate of drug-likeness (QED) is 0.902. The summed E-state index contributed by atoms with van der Waals surface area (Å²) in [7, 11) is 3.48. The number of ether oxygens (including phenoxy) is 2. The van der Waals surface area contributed by atoms with Gasteiger partial charge in [0.25, 0.3) is 0 Å². The van der Waals surface area contributed by atoms with E-state index in [2.05, 4.69) is 25.2 Å². The van der Waals surface area contributed by atoms with Crippen LogP contribution in [0.3, 0.4) is 0 Å². The van der Waals surface area contributed by atoms with Gasteiger partial charge in [-0.25, -0.2) is 15.0 Å². The number of aromatic nitrogens is 3. The summed E-state index contributed by atoms with van der Waals surface area (Å²) in [5.41, 5.74) is 1.08. The van der Waals surface area contributed by atoms with Crippen molar-refractivity contribution in [3.63, 3.8) is 0 Å². The molecular weight excluding hydrogens is 306 g/mol. The molecule has 0 unspecified atom stereocenters. The Balaban J connectivity index is 1.59. The third-order valence-corrected chi connectivity index (χ3v) is 4.26. The van der Waals surface area contributed by atoms with E-state index in [1.807, 2.05) is 26.1 Å². The number of hydrogen-bond donors (Lipinski definition) is 1. The zero-order valence-corrected chi connectivity index (χ0v) is 14.3. The number of rotatable bonds is 5. The molecule has 7 nitrogen and oxygen atoms in total. The molecule has 0 saturated carbocycles. The molecule has 2 aromatic heterocycles. The SMILES string of the molecule is CNc1ncnc(N2CCC(Oc3ccc(OC)nc3)CC2)c1C. The standard InChI is InChI=1S/C17H23N5O2/c1-12-16(18-2)20-11-21-17(12)22-8-6-13(7-9-22)24-14-4-5-15(23-3)19-10-14/h4-5,10-11,13H,6-9H2,1-3H3,(H,18,20,21). The highest BCUT2D eigenvalue weighted by Crippen LogP contribution is 2.26. The molecule has 1 saturated heterocycles. The second-order valence-corrected chi connectivity index (χ2v) is 5.76. The van der Waals surface area contributed by atoms with Crippen molar-refractivity contribution < 1.29 is 9.47 Å². The van der Waals surface area contributed by atoms with E-state index in [1.165, 1.54) is 0 Å². The van der Waals surface area contributed by atoms with Gasteiger partial charge < -0.3 is 19.7 Å². The zero-order valence-electron chi connectivity index (χ0n) is 14.3. The van der Waals surface area contributed by atoms with Crippen molar-refractivity contribution in [3.05, 3.63) is 30.2 Å². The summed E-state index contributed by atoms with van der Waals surface area (Å²) >= 11 is 0. The highest BCUT2D eigenvalue weighted by Gasteiger charge is 2.23. The van der Waals surface area contributed by atoms with Crippen LogP contribution >= 0.6 is 0 Å². The Labute approximate surface area is 142 Å². The first-order valence-electron chi connectivity index (χ1n) is 8.12. The molecular formula is C17H23N5O2. The predicted molar refractivity (Wildman–Crippen MR) is 93.0 cm³/mol. The molecule has 3 rings (SSSR count). The number of nitrogens with one attached hydrogen (secondary N) is 1. The third kappa shape index (κ3) is 3.50. The summed E-state index contributed by atoms with van der Waals surface area (Å²) in [6.07, 6.45) is 5.41. The maximum absolute atomic E-state index is 6.02. The van der Waals surface area contributed by atoms with Crippen molar-refractivity contribution in [3.8, 4) is 11.6 Å². The Morgan fingerprint density at radius 2 is 1.96 bits per heavy atom. The number of piperidine rings is 1. The van der Waals surface area contributed by atoms with Crippen LogP contribution in [0.1, 0.15) is 18.4 Å². The molecule has 0 aromatic carbocycles. The van der Waals surface area contributed by atoms with Crippen LogP contribution in [0.2, 0.25) is 0 Å². The van der Waals surface area contributed by atoms with Gasteiger partial charge >= 0.3 is 0 Å². The lowest BCUT2D eigenvalue weighted by molar-refractivity contribution is 0.169. The monoisotopic (exact) mass is 329 g/mol. The van der Waals surface area contributed by atoms with E-state index in [0.717, 1.165) is 48.9 Å². The van der Waals surface area contributed by atoms with Gasteiger partial charge in [0.2, 0.25) is 5.88 Å². The number of pyridine rings is 1. The van der Waals surface area contributed by atoms with Gasteiger partial charge in [0, 0.05) is 44.6 Å². The van der Waals surface area contributed by atoms with E-state index in [4.69, 9.17) is 9.47 Å². The minimum absolute atomic E-state index is 0.197. The van der Waals surface area contributed by atoms with Gasteiger partial charge in [-0.15, -0.1) is 0 Å². The van der Waals surface area contributed by atoms with Gasteiger partial charge in [-0.05, 0) is 13.0 Å². The molecule has 0 radical (unpaired) electrons. The Morgan fingerprint density at radius 3 is 2.58 bits per heavy atom. The van der Waals surface area contributed by atoms with Gasteiger partial charge in [0.15, 0.2) is 0 Å². The smallest absolute Gasteiger partial charge is 0.213 e. The van der Waals surface area contributed by atoms with Crippen LogP contribution in [0.15, 0.2) is 24.7 Å².